The van der Waals surface area contributed by atoms with Crippen molar-refractivity contribution >= 4 is 61.4 Å². The summed E-state index contributed by atoms with van der Waals surface area (Å²) in [4.78, 5) is 16.7. The summed E-state index contributed by atoms with van der Waals surface area (Å²) in [6.07, 6.45) is 2.19. The summed E-state index contributed by atoms with van der Waals surface area (Å²) < 4.78 is 7.32. The maximum absolute atomic E-state index is 13.4. The van der Waals surface area contributed by atoms with Gasteiger partial charge in [-0.25, -0.2) is 0 Å². The smallest absolute Gasteiger partial charge is 0.271 e. The molecule has 0 spiro atoms. The van der Waals surface area contributed by atoms with E-state index in [-0.39, 0.29) is 5.56 Å². The van der Waals surface area contributed by atoms with Crippen LogP contribution in [-0.4, -0.2) is 11.6 Å². The molecule has 0 aliphatic carbocycles. The number of aryl methyl sites for hydroxylation is 2. The fourth-order valence-corrected chi connectivity index (χ4v) is 7.69. The third-order valence-corrected chi connectivity index (χ3v) is 9.21. The maximum atomic E-state index is 13.4. The Morgan fingerprint density at radius 2 is 1.90 bits per heavy atom. The van der Waals surface area contributed by atoms with Crippen molar-refractivity contribution in [1.29, 1.82) is 0 Å². The Hall–Kier alpha value is -2.35. The molecule has 0 amide bonds. The second-order valence-electron chi connectivity index (χ2n) is 7.55. The van der Waals surface area contributed by atoms with E-state index in [1.165, 1.54) is 31.4 Å². The van der Waals surface area contributed by atoms with Gasteiger partial charge in [-0.05, 0) is 44.5 Å². The lowest BCUT2D eigenvalue weighted by Gasteiger charge is -2.12. The fourth-order valence-electron chi connectivity index (χ4n) is 4.02. The van der Waals surface area contributed by atoms with Crippen molar-refractivity contribution in [2.45, 2.75) is 38.8 Å². The van der Waals surface area contributed by atoms with Gasteiger partial charge in [0.05, 0.1) is 11.8 Å². The molecule has 7 heteroatoms. The maximum Gasteiger partial charge on any atom is 0.271 e. The van der Waals surface area contributed by atoms with Crippen molar-refractivity contribution in [3.8, 4) is 0 Å². The van der Waals surface area contributed by atoms with Crippen LogP contribution in [0.4, 0.5) is 5.69 Å². The molecule has 0 saturated heterocycles. The highest BCUT2D eigenvalue weighted by molar-refractivity contribution is 8.08. The first-order valence-electron chi connectivity index (χ1n) is 10.4. The summed E-state index contributed by atoms with van der Waals surface area (Å²) in [6, 6.07) is 15.0. The normalized spacial score (nSPS) is 15.9. The fraction of sp³-hybridized carbons (Fsp3) is 0.250. The van der Waals surface area contributed by atoms with Crippen LogP contribution < -0.4 is 24.2 Å². The van der Waals surface area contributed by atoms with Crippen LogP contribution in [0, 0.1) is 6.92 Å². The Kier molecular flexibility index (Phi) is 5.28. The molecule has 5 rings (SSSR count). The highest BCUT2D eigenvalue weighted by Crippen LogP contribution is 2.45. The van der Waals surface area contributed by atoms with E-state index in [2.05, 4.69) is 78.9 Å². The molecular formula is C24H24N3OS3+. The van der Waals surface area contributed by atoms with Gasteiger partial charge in [0.25, 0.3) is 10.6 Å². The van der Waals surface area contributed by atoms with Crippen LogP contribution in [0.5, 0.6) is 0 Å². The SMILES string of the molecule is CCn1c(=Cc2sc3ccccc3[n+]2CC)s/c(=C2\Sc3ccc(C)cc3N2C)c1=O. The average Bonchev–Trinajstić information content (AvgIpc) is 3.39. The van der Waals surface area contributed by atoms with Gasteiger partial charge in [0.15, 0.2) is 0 Å². The second-order valence-corrected chi connectivity index (χ2v) is 10.7. The Bertz CT molecular complexity index is 1490. The molecule has 0 saturated carbocycles. The summed E-state index contributed by atoms with van der Waals surface area (Å²) >= 11 is 5.07. The summed E-state index contributed by atoms with van der Waals surface area (Å²) in [5.74, 6) is 0. The predicted octanol–water partition coefficient (Wildman–Crippen LogP) is 3.90. The molecule has 1 aliphatic heterocycles. The molecule has 0 atom stereocenters. The zero-order valence-corrected chi connectivity index (χ0v) is 20.5. The van der Waals surface area contributed by atoms with Crippen LogP contribution in [0.3, 0.4) is 0 Å². The first-order chi connectivity index (χ1) is 15.0. The van der Waals surface area contributed by atoms with Crippen LogP contribution in [0.2, 0.25) is 0 Å². The quantitative estimate of drug-likeness (QED) is 0.429. The second kappa shape index (κ2) is 7.97. The molecule has 31 heavy (non-hydrogen) atoms. The zero-order chi connectivity index (χ0) is 21.7. The van der Waals surface area contributed by atoms with Crippen LogP contribution >= 0.6 is 34.4 Å². The van der Waals surface area contributed by atoms with Crippen LogP contribution in [0.15, 0.2) is 52.2 Å². The number of hydrogen-bond acceptors (Lipinski definition) is 5. The molecule has 0 N–H and O–H groups in total. The minimum atomic E-state index is 0.0989. The number of benzene rings is 2. The van der Waals surface area contributed by atoms with E-state index < -0.39 is 0 Å². The van der Waals surface area contributed by atoms with E-state index in [0.717, 1.165) is 20.8 Å². The van der Waals surface area contributed by atoms with Gasteiger partial charge in [-0.2, -0.15) is 4.57 Å². The van der Waals surface area contributed by atoms with Crippen molar-refractivity contribution in [2.75, 3.05) is 11.9 Å². The first-order valence-corrected chi connectivity index (χ1v) is 12.9. The molecule has 0 fully saturated rings. The molecular weight excluding hydrogens is 442 g/mol. The Morgan fingerprint density at radius 3 is 2.68 bits per heavy atom. The van der Waals surface area contributed by atoms with Gasteiger partial charge in [-0.1, -0.05) is 41.3 Å². The highest BCUT2D eigenvalue weighted by atomic mass is 32.2. The summed E-state index contributed by atoms with van der Waals surface area (Å²) in [7, 11) is 2.06. The van der Waals surface area contributed by atoms with E-state index in [9.17, 15) is 4.79 Å². The van der Waals surface area contributed by atoms with Crippen molar-refractivity contribution < 1.29 is 4.57 Å². The minimum absolute atomic E-state index is 0.0989. The molecule has 0 radical (unpaired) electrons. The number of thiazole rings is 2. The van der Waals surface area contributed by atoms with E-state index in [0.29, 0.717) is 6.54 Å². The number of aromatic nitrogens is 2. The van der Waals surface area contributed by atoms with Gasteiger partial charge in [0.2, 0.25) is 5.52 Å². The van der Waals surface area contributed by atoms with Crippen molar-refractivity contribution in [3.63, 3.8) is 0 Å². The highest BCUT2D eigenvalue weighted by Gasteiger charge is 2.25. The minimum Gasteiger partial charge on any atom is -0.337 e. The van der Waals surface area contributed by atoms with Gasteiger partial charge in [-0.3, -0.25) is 9.36 Å². The Balaban J connectivity index is 1.73. The molecule has 3 heterocycles. The third kappa shape index (κ3) is 3.35. The number of thioether (sulfide) groups is 1. The molecule has 0 bridgehead atoms. The molecule has 4 nitrogen and oxygen atoms in total. The Labute approximate surface area is 193 Å². The Morgan fingerprint density at radius 1 is 1.10 bits per heavy atom. The lowest BCUT2D eigenvalue weighted by atomic mass is 10.2. The van der Waals surface area contributed by atoms with Gasteiger partial charge in [0, 0.05) is 24.6 Å². The van der Waals surface area contributed by atoms with E-state index in [1.807, 2.05) is 11.5 Å². The first kappa shape index (κ1) is 20.5. The monoisotopic (exact) mass is 466 g/mol. The standard InChI is InChI=1S/C24H24N3OS3/c1-5-26-16-9-7-8-10-18(16)29-20(26)14-21-27(6-2)23(28)22(31-21)24-25(4)17-13-15(3)11-12-19(17)30-24/h7-14H,5-6H2,1-4H3/q+1/b24-22-. The summed E-state index contributed by atoms with van der Waals surface area (Å²) in [5.41, 5.74) is 3.75. The number of anilines is 1. The third-order valence-electron chi connectivity index (χ3n) is 5.61. The summed E-state index contributed by atoms with van der Waals surface area (Å²) in [5, 5.41) is 2.20. The van der Waals surface area contributed by atoms with Crippen LogP contribution in [-0.2, 0) is 13.1 Å². The number of hydrogen-bond donors (Lipinski definition) is 0. The van der Waals surface area contributed by atoms with Crippen molar-refractivity contribution in [1.82, 2.24) is 4.57 Å². The van der Waals surface area contributed by atoms with Crippen LogP contribution in [0.1, 0.15) is 24.4 Å². The molecule has 1 aliphatic rings. The predicted molar refractivity (Wildman–Crippen MR) is 134 cm³/mol. The van der Waals surface area contributed by atoms with E-state index in [4.69, 9.17) is 0 Å². The largest absolute Gasteiger partial charge is 0.337 e. The molecule has 2 aromatic heterocycles. The van der Waals surface area contributed by atoms with Crippen LogP contribution in [0.25, 0.3) is 21.3 Å². The molecule has 2 aromatic carbocycles. The molecule has 158 valence electrons. The average molecular weight is 467 g/mol. The number of rotatable bonds is 3. The van der Waals surface area contributed by atoms with Crippen molar-refractivity contribution in [3.05, 3.63) is 72.6 Å². The summed E-state index contributed by atoms with van der Waals surface area (Å²) in [6.45, 7) is 7.87. The molecule has 0 unspecified atom stereocenters. The number of nitrogens with zero attached hydrogens (tertiary/aromatic N) is 3. The van der Waals surface area contributed by atoms with Crippen molar-refractivity contribution in [2.24, 2.45) is 0 Å². The van der Waals surface area contributed by atoms with Gasteiger partial charge in [0.1, 0.15) is 25.5 Å². The van der Waals surface area contributed by atoms with Gasteiger partial charge >= 0.3 is 0 Å². The molecule has 4 aromatic rings. The lowest BCUT2D eigenvalue weighted by Crippen LogP contribution is -2.35. The number of para-hydroxylation sites is 1. The van der Waals surface area contributed by atoms with E-state index in [1.54, 1.807) is 34.4 Å². The van der Waals surface area contributed by atoms with Gasteiger partial charge < -0.3 is 4.90 Å². The lowest BCUT2D eigenvalue weighted by molar-refractivity contribution is -0.665. The van der Waals surface area contributed by atoms with E-state index >= 15 is 0 Å². The topological polar surface area (TPSA) is 29.1 Å². The number of fused-ring (bicyclic) bond motifs is 2. The van der Waals surface area contributed by atoms with Gasteiger partial charge in [-0.15, -0.1) is 11.3 Å². The zero-order valence-electron chi connectivity index (χ0n) is 18.0.